The molecule has 0 spiro atoms. The minimum absolute atomic E-state index is 0.423. The molecular weight excluding hydrogens is 429 g/mol. The van der Waals surface area contributed by atoms with Crippen molar-refractivity contribution in [3.05, 3.63) is 0 Å². The molecule has 0 fully saturated rings. The Labute approximate surface area is 62.4 Å². The predicted molar refractivity (Wildman–Crippen MR) is 42.1 cm³/mol. The van der Waals surface area contributed by atoms with E-state index in [2.05, 4.69) is 57.6 Å². The van der Waals surface area contributed by atoms with Crippen molar-refractivity contribution in [1.82, 2.24) is 0 Å². The van der Waals surface area contributed by atoms with Gasteiger partial charge in [-0.1, -0.05) is 0 Å². The van der Waals surface area contributed by atoms with Gasteiger partial charge in [-0.25, -0.2) is 0 Å². The molecule has 0 aliphatic rings. The maximum absolute atomic E-state index is 2.48. The van der Waals surface area contributed by atoms with Gasteiger partial charge in [0.05, 0.1) is 0 Å². The van der Waals surface area contributed by atoms with Gasteiger partial charge in [0.2, 0.25) is 0 Å². The predicted octanol–water partition coefficient (Wildman–Crippen LogP) is 2.65. The average Bonchev–Trinajstić information content (AvgIpc) is 0.811. The molecule has 0 aromatic rings. The molecule has 0 heterocycles. The van der Waals surface area contributed by atoms with Crippen LogP contribution in [0.4, 0.5) is 0 Å². The van der Waals surface area contributed by atoms with Crippen LogP contribution in [0.15, 0.2) is 0 Å². The van der Waals surface area contributed by atoms with E-state index in [4.69, 9.17) is 0 Å². The first-order chi connectivity index (χ1) is 1.73. The fourth-order valence-corrected chi connectivity index (χ4v) is 0. The quantitative estimate of drug-likeness (QED) is 0.411. The summed E-state index contributed by atoms with van der Waals surface area (Å²) >= 11 is 7.45. The van der Waals surface area contributed by atoms with Gasteiger partial charge in [0, 0.05) is 0 Å². The number of hydrogen-bond donors (Lipinski definition) is 0. The molecule has 0 radical (unpaired) electrons. The molecule has 0 nitrogen and oxygen atoms in total. The molecule has 0 aliphatic carbocycles. The Morgan fingerprint density at radius 3 is 1.00 bits per heavy atom. The van der Waals surface area contributed by atoms with E-state index in [1.165, 1.54) is 0 Å². The molecule has 0 rings (SSSR count). The molecule has 4 heavy (non-hydrogen) atoms. The number of halogens is 3. The molecule has 0 saturated heterocycles. The zero-order chi connectivity index (χ0) is 3.58. The van der Waals surface area contributed by atoms with Crippen LogP contribution in [0.3, 0.4) is 0 Å². The maximum atomic E-state index is 2.48. The summed E-state index contributed by atoms with van der Waals surface area (Å²) in [4.78, 5) is 0. The van der Waals surface area contributed by atoms with Crippen LogP contribution in [0.25, 0.3) is 0 Å². The van der Waals surface area contributed by atoms with Gasteiger partial charge in [-0.2, -0.15) is 0 Å². The molecule has 0 atom stereocenters. The van der Waals surface area contributed by atoms with Crippen molar-refractivity contribution in [3.8, 4) is 0 Å². The minimum atomic E-state index is -0.423. The van der Waals surface area contributed by atoms with Crippen molar-refractivity contribution in [2.45, 2.75) is 0 Å². The van der Waals surface area contributed by atoms with E-state index in [-0.39, 0.29) is 0 Å². The van der Waals surface area contributed by atoms with Crippen LogP contribution in [0.2, 0.25) is 0 Å². The molecule has 0 aromatic heterocycles. The van der Waals surface area contributed by atoms with Gasteiger partial charge in [-0.15, -0.1) is 0 Å². The van der Waals surface area contributed by atoms with E-state index < -0.39 is 6.63 Å². The Kier molecular flexibility index (Phi) is 7.03. The third-order valence-corrected chi connectivity index (χ3v) is 0. The fourth-order valence-electron chi connectivity index (χ4n) is 0. The van der Waals surface area contributed by atoms with Crippen LogP contribution in [0.1, 0.15) is 0 Å². The SMILES string of the molecule is [I][Ti]([I])[I]. The third kappa shape index (κ3) is 8.86. The molecule has 4 heteroatoms. The Hall–Kier alpha value is 2.90. The van der Waals surface area contributed by atoms with Crippen LogP contribution < -0.4 is 0 Å². The van der Waals surface area contributed by atoms with Crippen molar-refractivity contribution in [1.29, 1.82) is 0 Å². The molecule has 0 saturated carbocycles. The molecule has 0 aromatic carbocycles. The first-order valence-electron chi connectivity index (χ1n) is 0.567. The van der Waals surface area contributed by atoms with E-state index in [0.717, 1.165) is 0 Å². The monoisotopic (exact) mass is 429 g/mol. The van der Waals surface area contributed by atoms with Crippen LogP contribution in [-0.4, -0.2) is 0 Å². The van der Waals surface area contributed by atoms with Gasteiger partial charge in [0.15, 0.2) is 0 Å². The topological polar surface area (TPSA) is 0 Å². The molecule has 0 bridgehead atoms. The summed E-state index contributed by atoms with van der Waals surface area (Å²) in [5.41, 5.74) is 0. The van der Waals surface area contributed by atoms with E-state index in [1.54, 1.807) is 0 Å². The summed E-state index contributed by atoms with van der Waals surface area (Å²) in [6.45, 7) is -0.423. The molecule has 0 unspecified atom stereocenters. The van der Waals surface area contributed by atoms with E-state index >= 15 is 0 Å². The van der Waals surface area contributed by atoms with Crippen LogP contribution in [0.5, 0.6) is 0 Å². The fraction of sp³-hybridized carbons (Fsp3) is 0. The van der Waals surface area contributed by atoms with Gasteiger partial charge in [0.25, 0.3) is 0 Å². The van der Waals surface area contributed by atoms with Crippen LogP contribution in [0, 0.1) is 0 Å². The summed E-state index contributed by atoms with van der Waals surface area (Å²) in [7, 11) is 0. The second-order valence-corrected chi connectivity index (χ2v) is 39.8. The Balaban J connectivity index is 2.32. The molecule has 0 amide bonds. The summed E-state index contributed by atoms with van der Waals surface area (Å²) in [5, 5.41) is 0. The Morgan fingerprint density at radius 1 is 1.00 bits per heavy atom. The van der Waals surface area contributed by atoms with Gasteiger partial charge in [-0.05, 0) is 0 Å². The average molecular weight is 429 g/mol. The first kappa shape index (κ1) is 6.90. The van der Waals surface area contributed by atoms with Crippen molar-refractivity contribution in [2.24, 2.45) is 0 Å². The van der Waals surface area contributed by atoms with Crippen LogP contribution >= 0.6 is 57.6 Å². The normalized spacial score (nSPS) is 6.75. The van der Waals surface area contributed by atoms with Gasteiger partial charge < -0.3 is 0 Å². The summed E-state index contributed by atoms with van der Waals surface area (Å²) in [6, 6.07) is 0. The molecular formula is I3Ti. The summed E-state index contributed by atoms with van der Waals surface area (Å²) < 4.78 is 0. The zero-order valence-electron chi connectivity index (χ0n) is 1.63. The van der Waals surface area contributed by atoms with E-state index in [9.17, 15) is 0 Å². The van der Waals surface area contributed by atoms with Gasteiger partial charge in [0.1, 0.15) is 0 Å². The van der Waals surface area contributed by atoms with E-state index in [0.29, 0.717) is 0 Å². The van der Waals surface area contributed by atoms with Crippen molar-refractivity contribution >= 4 is 57.6 Å². The summed E-state index contributed by atoms with van der Waals surface area (Å²) in [6.07, 6.45) is 0. The third-order valence-electron chi connectivity index (χ3n) is 0. The Bertz CT molecular complexity index is 8.00. The molecule has 25 valence electrons. The number of hydrogen-bond acceptors (Lipinski definition) is 0. The van der Waals surface area contributed by atoms with E-state index in [1.807, 2.05) is 0 Å². The Morgan fingerprint density at radius 2 is 1.00 bits per heavy atom. The van der Waals surface area contributed by atoms with Crippen molar-refractivity contribution < 1.29 is 6.63 Å². The van der Waals surface area contributed by atoms with Crippen molar-refractivity contribution in [2.75, 3.05) is 0 Å². The number of rotatable bonds is 0. The zero-order valence-corrected chi connectivity index (χ0v) is 9.67. The molecule has 0 N–H and O–H groups in total. The second-order valence-electron chi connectivity index (χ2n) is 0.214. The van der Waals surface area contributed by atoms with Crippen molar-refractivity contribution in [3.63, 3.8) is 0 Å². The van der Waals surface area contributed by atoms with Gasteiger partial charge >= 0.3 is 64.2 Å². The second kappa shape index (κ2) is 4.07. The van der Waals surface area contributed by atoms with Gasteiger partial charge in [-0.3, -0.25) is 0 Å². The van der Waals surface area contributed by atoms with Crippen LogP contribution in [-0.2, 0) is 6.63 Å². The molecule has 0 aliphatic heterocycles. The standard InChI is InChI=1S/3HI.Ti/h3*1H;/q;;;+3/p-3. The first-order valence-corrected chi connectivity index (χ1v) is 15.7. The summed E-state index contributed by atoms with van der Waals surface area (Å²) in [5.74, 6) is 0.